The molecule has 0 saturated carbocycles. The van der Waals surface area contributed by atoms with Crippen LogP contribution in [-0.4, -0.2) is 26.3 Å². The molecule has 0 spiro atoms. The molecule has 1 aliphatic heterocycles. The van der Waals surface area contributed by atoms with Gasteiger partial charge in [-0.1, -0.05) is 49.7 Å². The van der Waals surface area contributed by atoms with E-state index in [9.17, 15) is 19.8 Å². The number of nitrogens with zero attached hydrogens (tertiary/aromatic N) is 1. The van der Waals surface area contributed by atoms with Gasteiger partial charge in [-0.25, -0.2) is 0 Å². The van der Waals surface area contributed by atoms with Crippen molar-refractivity contribution < 1.29 is 19.8 Å². The Balaban J connectivity index is 0.00000117. The highest BCUT2D eigenvalue weighted by Crippen LogP contribution is 2.34. The van der Waals surface area contributed by atoms with E-state index in [1.165, 1.54) is 12.1 Å². The number of aryl methyl sites for hydroxylation is 1. The molecule has 0 unspecified atom stereocenters. The summed E-state index contributed by atoms with van der Waals surface area (Å²) in [5.74, 6) is -0.889. The number of phenolic OH excluding ortho intramolecular Hbond substituents is 2. The van der Waals surface area contributed by atoms with Gasteiger partial charge in [0.1, 0.15) is 0 Å². The second-order valence-corrected chi connectivity index (χ2v) is 6.49. The average molecular weight is 371 g/mol. The van der Waals surface area contributed by atoms with Crippen LogP contribution in [-0.2, 0) is 11.3 Å². The van der Waals surface area contributed by atoms with Gasteiger partial charge in [-0.15, -0.1) is 0 Å². The Morgan fingerprint density at radius 2 is 1.65 bits per heavy atom. The first-order valence-electron chi connectivity index (χ1n) is 8.27. The van der Waals surface area contributed by atoms with Crippen LogP contribution in [0.2, 0.25) is 0 Å². The number of hydrogen-bond acceptors (Lipinski definition) is 5. The van der Waals surface area contributed by atoms with Crippen molar-refractivity contribution in [3.05, 3.63) is 64.1 Å². The first kappa shape index (κ1) is 19.6. The maximum Gasteiger partial charge on any atom is 0.293 e. The van der Waals surface area contributed by atoms with Crippen LogP contribution in [0.3, 0.4) is 0 Å². The highest BCUT2D eigenvalue weighted by atomic mass is 32.2. The number of carbonyl (C=O) groups excluding carboxylic acids is 2. The summed E-state index contributed by atoms with van der Waals surface area (Å²) >= 11 is 0.894. The zero-order valence-corrected chi connectivity index (χ0v) is 15.7. The number of amides is 2. The molecule has 2 aromatic carbocycles. The molecule has 1 saturated heterocycles. The van der Waals surface area contributed by atoms with Crippen LogP contribution in [0.5, 0.6) is 11.5 Å². The van der Waals surface area contributed by atoms with Gasteiger partial charge in [0, 0.05) is 0 Å². The van der Waals surface area contributed by atoms with Crippen LogP contribution in [0, 0.1) is 6.92 Å². The van der Waals surface area contributed by atoms with E-state index in [-0.39, 0.29) is 29.2 Å². The van der Waals surface area contributed by atoms with Crippen molar-refractivity contribution in [1.82, 2.24) is 4.90 Å². The van der Waals surface area contributed by atoms with Gasteiger partial charge in [-0.3, -0.25) is 14.5 Å². The molecule has 0 bridgehead atoms. The van der Waals surface area contributed by atoms with E-state index in [2.05, 4.69) is 0 Å². The van der Waals surface area contributed by atoms with Crippen LogP contribution in [0.15, 0.2) is 47.4 Å². The van der Waals surface area contributed by atoms with E-state index in [1.807, 2.05) is 45.0 Å². The summed E-state index contributed by atoms with van der Waals surface area (Å²) in [4.78, 5) is 26.0. The fourth-order valence-electron chi connectivity index (χ4n) is 2.30. The van der Waals surface area contributed by atoms with E-state index in [0.29, 0.717) is 10.5 Å². The van der Waals surface area contributed by atoms with Crippen molar-refractivity contribution in [3.63, 3.8) is 0 Å². The minimum atomic E-state index is -0.363. The van der Waals surface area contributed by atoms with Crippen molar-refractivity contribution >= 4 is 29.0 Å². The first-order valence-corrected chi connectivity index (χ1v) is 9.08. The third-order valence-corrected chi connectivity index (χ3v) is 4.54. The van der Waals surface area contributed by atoms with Gasteiger partial charge in [-0.05, 0) is 48.0 Å². The molecule has 2 aromatic rings. The van der Waals surface area contributed by atoms with E-state index in [1.54, 1.807) is 12.1 Å². The molecule has 0 aromatic heterocycles. The normalized spacial score (nSPS) is 15.2. The van der Waals surface area contributed by atoms with Crippen molar-refractivity contribution in [1.29, 1.82) is 0 Å². The number of aromatic hydroxyl groups is 2. The fraction of sp³-hybridized carbons (Fsp3) is 0.200. The lowest BCUT2D eigenvalue weighted by molar-refractivity contribution is -0.123. The van der Waals surface area contributed by atoms with Crippen molar-refractivity contribution in [2.24, 2.45) is 0 Å². The lowest BCUT2D eigenvalue weighted by Crippen LogP contribution is -2.27. The number of carbonyl (C=O) groups is 2. The number of imide groups is 1. The fourth-order valence-corrected chi connectivity index (χ4v) is 3.14. The van der Waals surface area contributed by atoms with Gasteiger partial charge in [0.25, 0.3) is 11.1 Å². The molecule has 1 heterocycles. The van der Waals surface area contributed by atoms with Gasteiger partial charge in [0.2, 0.25) is 0 Å². The van der Waals surface area contributed by atoms with Gasteiger partial charge >= 0.3 is 0 Å². The quantitative estimate of drug-likeness (QED) is 0.606. The molecule has 26 heavy (non-hydrogen) atoms. The zero-order chi connectivity index (χ0) is 19.3. The number of thioether (sulfide) groups is 1. The maximum absolute atomic E-state index is 12.4. The molecular weight excluding hydrogens is 350 g/mol. The Labute approximate surface area is 157 Å². The molecule has 6 heteroatoms. The second-order valence-electron chi connectivity index (χ2n) is 5.50. The van der Waals surface area contributed by atoms with Crippen LogP contribution in [0.25, 0.3) is 6.08 Å². The molecular formula is C20H21NO4S. The van der Waals surface area contributed by atoms with E-state index in [0.717, 1.165) is 27.8 Å². The lowest BCUT2D eigenvalue weighted by Gasteiger charge is -2.12. The lowest BCUT2D eigenvalue weighted by atomic mass is 10.1. The van der Waals surface area contributed by atoms with Crippen LogP contribution < -0.4 is 0 Å². The molecule has 5 nitrogen and oxygen atoms in total. The molecule has 0 radical (unpaired) electrons. The molecule has 1 fully saturated rings. The molecule has 0 aliphatic carbocycles. The Bertz CT molecular complexity index is 843. The number of phenols is 2. The van der Waals surface area contributed by atoms with Gasteiger partial charge in [-0.2, -0.15) is 0 Å². The predicted molar refractivity (Wildman–Crippen MR) is 104 cm³/mol. The second kappa shape index (κ2) is 8.58. The average Bonchev–Trinajstić information content (AvgIpc) is 2.89. The third kappa shape index (κ3) is 4.46. The molecule has 2 amide bonds. The van der Waals surface area contributed by atoms with Gasteiger partial charge < -0.3 is 10.2 Å². The minimum absolute atomic E-state index is 0.0454. The van der Waals surface area contributed by atoms with E-state index >= 15 is 0 Å². The summed E-state index contributed by atoms with van der Waals surface area (Å²) in [7, 11) is 0. The van der Waals surface area contributed by atoms with E-state index in [4.69, 9.17) is 0 Å². The number of benzene rings is 2. The van der Waals surface area contributed by atoms with Crippen LogP contribution >= 0.6 is 11.8 Å². The topological polar surface area (TPSA) is 77.8 Å². The summed E-state index contributed by atoms with van der Waals surface area (Å²) in [6, 6.07) is 11.9. The van der Waals surface area contributed by atoms with Crippen molar-refractivity contribution in [2.45, 2.75) is 27.3 Å². The molecule has 0 atom stereocenters. The summed E-state index contributed by atoms with van der Waals surface area (Å²) in [5, 5.41) is 18.5. The third-order valence-electron chi connectivity index (χ3n) is 3.63. The zero-order valence-electron chi connectivity index (χ0n) is 14.9. The summed E-state index contributed by atoms with van der Waals surface area (Å²) < 4.78 is 0. The Morgan fingerprint density at radius 1 is 1.00 bits per heavy atom. The van der Waals surface area contributed by atoms with Gasteiger partial charge in [0.05, 0.1) is 11.4 Å². The molecule has 1 aliphatic rings. The summed E-state index contributed by atoms with van der Waals surface area (Å²) in [5.41, 5.74) is 2.53. The summed E-state index contributed by atoms with van der Waals surface area (Å²) in [6.07, 6.45) is 1.69. The SMILES string of the molecule is CC.Cc1ccc(/C=C2\SC(=O)N(Cc3ccc(O)c(O)c3)C2=O)cc1. The predicted octanol–water partition coefficient (Wildman–Crippen LogP) is 4.67. The maximum atomic E-state index is 12.4. The number of rotatable bonds is 3. The van der Waals surface area contributed by atoms with Crippen molar-refractivity contribution in [3.8, 4) is 11.5 Å². The Hall–Kier alpha value is -2.73. The summed E-state index contributed by atoms with van der Waals surface area (Å²) in [6.45, 7) is 6.02. The standard InChI is InChI=1S/C18H15NO4S.C2H6/c1-11-2-4-12(5-3-11)9-16-17(22)19(18(23)24-16)10-13-6-7-14(20)15(21)8-13;1-2/h2-9,20-21H,10H2,1H3;1-2H3/b16-9-;. The smallest absolute Gasteiger partial charge is 0.293 e. The molecule has 136 valence electrons. The molecule has 3 rings (SSSR count). The van der Waals surface area contributed by atoms with Crippen LogP contribution in [0.1, 0.15) is 30.5 Å². The first-order chi connectivity index (χ1) is 12.4. The highest BCUT2D eigenvalue weighted by Gasteiger charge is 2.35. The number of hydrogen-bond donors (Lipinski definition) is 2. The van der Waals surface area contributed by atoms with E-state index < -0.39 is 0 Å². The minimum Gasteiger partial charge on any atom is -0.504 e. The molecule has 2 N–H and O–H groups in total. The van der Waals surface area contributed by atoms with Crippen molar-refractivity contribution in [2.75, 3.05) is 0 Å². The highest BCUT2D eigenvalue weighted by molar-refractivity contribution is 8.18. The van der Waals surface area contributed by atoms with Crippen LogP contribution in [0.4, 0.5) is 4.79 Å². The Morgan fingerprint density at radius 3 is 2.27 bits per heavy atom. The monoisotopic (exact) mass is 371 g/mol. The largest absolute Gasteiger partial charge is 0.504 e. The Kier molecular flexibility index (Phi) is 6.46. The van der Waals surface area contributed by atoms with Gasteiger partial charge in [0.15, 0.2) is 11.5 Å².